The SMILES string of the molecule is N#CN1C2CCC1C(NC(=O)S)C2. The van der Waals surface area contributed by atoms with Gasteiger partial charge in [0.15, 0.2) is 6.19 Å². The van der Waals surface area contributed by atoms with Gasteiger partial charge in [-0.2, -0.15) is 5.26 Å². The van der Waals surface area contributed by atoms with E-state index in [2.05, 4.69) is 24.1 Å². The quantitative estimate of drug-likeness (QED) is 0.481. The van der Waals surface area contributed by atoms with Crippen LogP contribution in [0.5, 0.6) is 0 Å². The molecule has 2 saturated heterocycles. The van der Waals surface area contributed by atoms with Crippen LogP contribution in [0, 0.1) is 11.5 Å². The molecule has 2 rings (SSSR count). The zero-order chi connectivity index (χ0) is 9.42. The highest BCUT2D eigenvalue weighted by molar-refractivity contribution is 7.96. The molecule has 13 heavy (non-hydrogen) atoms. The molecule has 2 fully saturated rings. The van der Waals surface area contributed by atoms with E-state index in [1.54, 1.807) is 0 Å². The van der Waals surface area contributed by atoms with E-state index in [0.717, 1.165) is 19.3 Å². The van der Waals surface area contributed by atoms with Crippen LogP contribution < -0.4 is 5.32 Å². The third-order valence-electron chi connectivity index (χ3n) is 2.96. The van der Waals surface area contributed by atoms with Gasteiger partial charge in [-0.3, -0.25) is 4.79 Å². The minimum atomic E-state index is -0.296. The minimum Gasteiger partial charge on any atom is -0.342 e. The van der Waals surface area contributed by atoms with Crippen LogP contribution in [0.25, 0.3) is 0 Å². The number of carbonyl (C=O) groups excluding carboxylic acids is 1. The molecule has 3 atom stereocenters. The lowest BCUT2D eigenvalue weighted by atomic mass is 9.96. The molecule has 1 N–H and O–H groups in total. The van der Waals surface area contributed by atoms with E-state index in [1.165, 1.54) is 0 Å². The van der Waals surface area contributed by atoms with Crippen molar-refractivity contribution in [3.63, 3.8) is 0 Å². The van der Waals surface area contributed by atoms with Crippen molar-refractivity contribution in [1.82, 2.24) is 10.2 Å². The molecule has 5 heteroatoms. The molecule has 70 valence electrons. The summed E-state index contributed by atoms with van der Waals surface area (Å²) >= 11 is 3.67. The lowest BCUT2D eigenvalue weighted by molar-refractivity contribution is 0.253. The second-order valence-electron chi connectivity index (χ2n) is 3.60. The fourth-order valence-electron chi connectivity index (χ4n) is 2.46. The summed E-state index contributed by atoms with van der Waals surface area (Å²) in [7, 11) is 0. The van der Waals surface area contributed by atoms with Gasteiger partial charge in [-0.1, -0.05) is 12.6 Å². The fourth-order valence-corrected chi connectivity index (χ4v) is 2.62. The van der Waals surface area contributed by atoms with Gasteiger partial charge >= 0.3 is 0 Å². The third kappa shape index (κ3) is 1.35. The van der Waals surface area contributed by atoms with E-state index in [9.17, 15) is 4.79 Å². The number of rotatable bonds is 1. The van der Waals surface area contributed by atoms with Crippen molar-refractivity contribution in [2.75, 3.05) is 0 Å². The van der Waals surface area contributed by atoms with Crippen molar-refractivity contribution in [1.29, 1.82) is 5.26 Å². The first-order chi connectivity index (χ1) is 6.22. The molecule has 0 aliphatic carbocycles. The summed E-state index contributed by atoms with van der Waals surface area (Å²) in [6, 6.07) is 0.690. The summed E-state index contributed by atoms with van der Waals surface area (Å²) in [6.45, 7) is 0. The summed E-state index contributed by atoms with van der Waals surface area (Å²) in [4.78, 5) is 12.5. The van der Waals surface area contributed by atoms with Crippen LogP contribution in [-0.4, -0.2) is 28.3 Å². The number of fused-ring (bicyclic) bond motifs is 2. The van der Waals surface area contributed by atoms with Gasteiger partial charge in [0.05, 0.1) is 12.1 Å². The average molecular weight is 197 g/mol. The Morgan fingerprint density at radius 1 is 1.62 bits per heavy atom. The van der Waals surface area contributed by atoms with Crippen LogP contribution in [-0.2, 0) is 0 Å². The number of hydrogen-bond acceptors (Lipinski definition) is 3. The first kappa shape index (κ1) is 8.70. The van der Waals surface area contributed by atoms with Gasteiger partial charge in [-0.15, -0.1) is 0 Å². The van der Waals surface area contributed by atoms with E-state index in [4.69, 9.17) is 5.26 Å². The molecule has 0 radical (unpaired) electrons. The highest BCUT2D eigenvalue weighted by atomic mass is 32.1. The largest absolute Gasteiger partial charge is 0.342 e. The zero-order valence-corrected chi connectivity index (χ0v) is 8.00. The number of carbonyl (C=O) groups is 1. The second-order valence-corrected chi connectivity index (χ2v) is 4.00. The smallest absolute Gasteiger partial charge is 0.276 e. The van der Waals surface area contributed by atoms with Crippen molar-refractivity contribution in [3.05, 3.63) is 0 Å². The standard InChI is InChI=1S/C8H11N3OS/c9-4-11-5-1-2-7(11)6(3-5)10-8(12)13/h5-7H,1-3H2,(H2,10,12,13). The topological polar surface area (TPSA) is 56.1 Å². The van der Waals surface area contributed by atoms with Crippen LogP contribution >= 0.6 is 12.6 Å². The van der Waals surface area contributed by atoms with E-state index in [0.29, 0.717) is 6.04 Å². The van der Waals surface area contributed by atoms with Gasteiger partial charge in [-0.05, 0) is 19.3 Å². The molecule has 2 bridgehead atoms. The molecule has 4 nitrogen and oxygen atoms in total. The number of nitriles is 1. The molecule has 1 amide bonds. The average Bonchev–Trinajstić information content (AvgIpc) is 2.58. The van der Waals surface area contributed by atoms with Crippen LogP contribution in [0.15, 0.2) is 0 Å². The summed E-state index contributed by atoms with van der Waals surface area (Å²) in [5, 5.41) is 11.3. The maximum Gasteiger partial charge on any atom is 0.276 e. The molecule has 0 spiro atoms. The van der Waals surface area contributed by atoms with Crippen molar-refractivity contribution in [3.8, 4) is 6.19 Å². The fraction of sp³-hybridized carbons (Fsp3) is 0.750. The zero-order valence-electron chi connectivity index (χ0n) is 7.10. The summed E-state index contributed by atoms with van der Waals surface area (Å²) < 4.78 is 0. The molecule has 0 aromatic carbocycles. The highest BCUT2D eigenvalue weighted by Gasteiger charge is 2.46. The lowest BCUT2D eigenvalue weighted by Crippen LogP contribution is -2.41. The van der Waals surface area contributed by atoms with Crippen molar-refractivity contribution >= 4 is 17.9 Å². The molecule has 3 unspecified atom stereocenters. The van der Waals surface area contributed by atoms with Crippen molar-refractivity contribution in [2.45, 2.75) is 37.4 Å². The Bertz CT molecular complexity index is 275. The van der Waals surface area contributed by atoms with Gasteiger partial charge < -0.3 is 10.2 Å². The van der Waals surface area contributed by atoms with Crippen molar-refractivity contribution in [2.24, 2.45) is 0 Å². The number of hydrogen-bond donors (Lipinski definition) is 2. The van der Waals surface area contributed by atoms with Crippen LogP contribution in [0.3, 0.4) is 0 Å². The maximum atomic E-state index is 10.7. The minimum absolute atomic E-state index is 0.128. The van der Waals surface area contributed by atoms with Gasteiger partial charge in [0, 0.05) is 6.04 Å². The summed E-state index contributed by atoms with van der Waals surface area (Å²) in [5.41, 5.74) is 0. The first-order valence-electron chi connectivity index (χ1n) is 4.40. The number of nitrogens with one attached hydrogen (secondary N) is 1. The van der Waals surface area contributed by atoms with Crippen LogP contribution in [0.2, 0.25) is 0 Å². The summed E-state index contributed by atoms with van der Waals surface area (Å²) in [5.74, 6) is 0. The normalized spacial score (nSPS) is 36.0. The van der Waals surface area contributed by atoms with E-state index in [-0.39, 0.29) is 17.3 Å². The monoisotopic (exact) mass is 197 g/mol. The molecule has 2 aliphatic heterocycles. The number of amides is 1. The highest BCUT2D eigenvalue weighted by Crippen LogP contribution is 2.36. The Balaban J connectivity index is 2.05. The third-order valence-corrected chi connectivity index (χ3v) is 3.09. The number of thiol groups is 1. The van der Waals surface area contributed by atoms with Crippen molar-refractivity contribution < 1.29 is 4.79 Å². The molecule has 0 aromatic heterocycles. The predicted molar refractivity (Wildman–Crippen MR) is 50.2 cm³/mol. The Kier molecular flexibility index (Phi) is 2.08. The van der Waals surface area contributed by atoms with Gasteiger partial charge in [0.25, 0.3) is 5.24 Å². The van der Waals surface area contributed by atoms with Gasteiger partial charge in [-0.25, -0.2) is 0 Å². The van der Waals surface area contributed by atoms with Crippen LogP contribution in [0.1, 0.15) is 19.3 Å². The number of nitrogens with zero attached hydrogens (tertiary/aromatic N) is 2. The molecule has 2 aliphatic rings. The predicted octanol–water partition coefficient (Wildman–Crippen LogP) is 0.712. The second kappa shape index (κ2) is 3.11. The Morgan fingerprint density at radius 2 is 2.38 bits per heavy atom. The Morgan fingerprint density at radius 3 is 2.92 bits per heavy atom. The summed E-state index contributed by atoms with van der Waals surface area (Å²) in [6.07, 6.45) is 5.17. The Labute approximate surface area is 82.3 Å². The first-order valence-corrected chi connectivity index (χ1v) is 4.84. The maximum absolute atomic E-state index is 10.7. The van der Waals surface area contributed by atoms with Gasteiger partial charge in [0.2, 0.25) is 0 Å². The molecule has 0 saturated carbocycles. The molecule has 0 aromatic rings. The van der Waals surface area contributed by atoms with E-state index < -0.39 is 0 Å². The molecular weight excluding hydrogens is 186 g/mol. The van der Waals surface area contributed by atoms with Crippen LogP contribution in [0.4, 0.5) is 4.79 Å². The molecular formula is C8H11N3OS. The molecule has 2 heterocycles. The van der Waals surface area contributed by atoms with Gasteiger partial charge in [0.1, 0.15) is 0 Å². The Hall–Kier alpha value is -0.890. The van der Waals surface area contributed by atoms with E-state index >= 15 is 0 Å². The van der Waals surface area contributed by atoms with E-state index in [1.807, 2.05) is 4.90 Å². The lowest BCUT2D eigenvalue weighted by Gasteiger charge is -2.20.